The minimum absolute atomic E-state index is 0.307. The second-order valence-electron chi connectivity index (χ2n) is 8.03. The molecule has 0 spiro atoms. The summed E-state index contributed by atoms with van der Waals surface area (Å²) in [5.41, 5.74) is 5.62. The molecule has 1 aliphatic rings. The van der Waals surface area contributed by atoms with Crippen LogP contribution in [0.4, 0.5) is 11.4 Å². The van der Waals surface area contributed by atoms with Gasteiger partial charge >= 0.3 is 0 Å². The molecule has 1 saturated heterocycles. The Labute approximate surface area is 198 Å². The third kappa shape index (κ3) is 4.62. The number of aromatic amines is 1. The Kier molecular flexibility index (Phi) is 6.22. The van der Waals surface area contributed by atoms with Crippen LogP contribution < -0.4 is 20.3 Å². The Morgan fingerprint density at radius 1 is 1.00 bits per heavy atom. The van der Waals surface area contributed by atoms with Crippen LogP contribution in [0, 0.1) is 0 Å². The number of aromatic nitrogens is 3. The summed E-state index contributed by atoms with van der Waals surface area (Å²) >= 11 is 0. The lowest BCUT2D eigenvalue weighted by Crippen LogP contribution is -2.43. The van der Waals surface area contributed by atoms with E-state index in [1.807, 2.05) is 30.3 Å². The van der Waals surface area contributed by atoms with E-state index in [0.29, 0.717) is 22.8 Å². The van der Waals surface area contributed by atoms with Crippen molar-refractivity contribution in [1.29, 1.82) is 0 Å². The van der Waals surface area contributed by atoms with Crippen LogP contribution in [0.3, 0.4) is 0 Å². The van der Waals surface area contributed by atoms with Crippen molar-refractivity contribution >= 4 is 17.3 Å². The van der Waals surface area contributed by atoms with Gasteiger partial charge in [-0.3, -0.25) is 9.89 Å². The second-order valence-corrected chi connectivity index (χ2v) is 8.03. The van der Waals surface area contributed by atoms with Crippen LogP contribution >= 0.6 is 0 Å². The number of anilines is 2. The number of hydrogen-bond acceptors (Lipinski definition) is 6. The van der Waals surface area contributed by atoms with Gasteiger partial charge in [-0.2, -0.15) is 5.10 Å². The Morgan fingerprint density at radius 3 is 2.62 bits per heavy atom. The maximum absolute atomic E-state index is 12.9. The van der Waals surface area contributed by atoms with E-state index in [0.717, 1.165) is 43.0 Å². The third-order valence-electron chi connectivity index (χ3n) is 5.87. The topological polar surface area (TPSA) is 95.2 Å². The first kappa shape index (κ1) is 21.7. The van der Waals surface area contributed by atoms with Gasteiger partial charge in [0.1, 0.15) is 11.4 Å². The van der Waals surface area contributed by atoms with E-state index < -0.39 is 0 Å². The number of ether oxygens (including phenoxy) is 1. The van der Waals surface area contributed by atoms with E-state index in [9.17, 15) is 4.79 Å². The lowest BCUT2D eigenvalue weighted by atomic mass is 10.0. The molecule has 0 saturated carbocycles. The highest BCUT2D eigenvalue weighted by Crippen LogP contribution is 2.32. The minimum atomic E-state index is -0.312. The summed E-state index contributed by atoms with van der Waals surface area (Å²) in [5, 5.41) is 13.1. The van der Waals surface area contributed by atoms with Gasteiger partial charge in [0.15, 0.2) is 0 Å². The Balaban J connectivity index is 1.36. The van der Waals surface area contributed by atoms with E-state index in [2.05, 4.69) is 55.0 Å². The fourth-order valence-electron chi connectivity index (χ4n) is 4.08. The Bertz CT molecular complexity index is 1280. The van der Waals surface area contributed by atoms with Gasteiger partial charge in [-0.15, -0.1) is 0 Å². The fourth-order valence-corrected chi connectivity index (χ4v) is 4.08. The number of pyridine rings is 1. The highest BCUT2D eigenvalue weighted by molar-refractivity contribution is 6.04. The van der Waals surface area contributed by atoms with E-state index in [1.54, 1.807) is 25.4 Å². The van der Waals surface area contributed by atoms with Crippen LogP contribution in [0.25, 0.3) is 22.5 Å². The van der Waals surface area contributed by atoms with Crippen LogP contribution in [0.1, 0.15) is 10.5 Å². The summed E-state index contributed by atoms with van der Waals surface area (Å²) in [6, 6.07) is 21.4. The molecular weight excluding hydrogens is 428 g/mol. The first-order valence-corrected chi connectivity index (χ1v) is 11.2. The lowest BCUT2D eigenvalue weighted by molar-refractivity contribution is 0.102. The molecule has 3 heterocycles. The average molecular weight is 455 g/mol. The van der Waals surface area contributed by atoms with E-state index >= 15 is 0 Å². The molecular formula is C26H26N6O2. The average Bonchev–Trinajstić information content (AvgIpc) is 3.45. The standard InChI is InChI=1S/C26H26N6O2/c1-34-25-17-19(18-4-2-5-20(16-18)32-14-12-27-13-15-32)8-9-23(25)30-26(33)24-7-3-6-21(29-24)22-10-11-28-31-22/h2-11,16-17,27H,12-15H2,1H3,(H,28,31)(H,30,33). The molecule has 0 aliphatic carbocycles. The number of methoxy groups -OCH3 is 1. The van der Waals surface area contributed by atoms with Gasteiger partial charge in [-0.25, -0.2) is 4.98 Å². The van der Waals surface area contributed by atoms with Crippen molar-refractivity contribution in [2.75, 3.05) is 43.5 Å². The molecule has 0 atom stereocenters. The van der Waals surface area contributed by atoms with Crippen LogP contribution in [0.2, 0.25) is 0 Å². The molecule has 0 bridgehead atoms. The van der Waals surface area contributed by atoms with Gasteiger partial charge in [0, 0.05) is 38.1 Å². The first-order valence-electron chi connectivity index (χ1n) is 11.2. The molecule has 1 fully saturated rings. The molecule has 0 radical (unpaired) electrons. The molecule has 1 aliphatic heterocycles. The summed E-state index contributed by atoms with van der Waals surface area (Å²) in [6.07, 6.45) is 1.65. The summed E-state index contributed by atoms with van der Waals surface area (Å²) in [4.78, 5) is 19.8. The highest BCUT2D eigenvalue weighted by Gasteiger charge is 2.15. The Morgan fingerprint density at radius 2 is 1.82 bits per heavy atom. The maximum Gasteiger partial charge on any atom is 0.274 e. The van der Waals surface area contributed by atoms with Gasteiger partial charge in [0.2, 0.25) is 0 Å². The molecule has 4 aromatic rings. The molecule has 8 heteroatoms. The van der Waals surface area contributed by atoms with Crippen molar-refractivity contribution < 1.29 is 9.53 Å². The van der Waals surface area contributed by atoms with Gasteiger partial charge in [-0.05, 0) is 53.6 Å². The SMILES string of the molecule is COc1cc(-c2cccc(N3CCNCC3)c2)ccc1NC(=O)c1cccc(-c2ccn[nH]2)n1. The molecule has 8 nitrogen and oxygen atoms in total. The zero-order valence-corrected chi connectivity index (χ0v) is 18.9. The van der Waals surface area contributed by atoms with Crippen LogP contribution in [0.15, 0.2) is 72.9 Å². The first-order chi connectivity index (χ1) is 16.7. The van der Waals surface area contributed by atoms with Crippen molar-refractivity contribution in [2.24, 2.45) is 0 Å². The van der Waals surface area contributed by atoms with Gasteiger partial charge in [-0.1, -0.05) is 24.3 Å². The molecule has 172 valence electrons. The molecule has 0 unspecified atom stereocenters. The summed E-state index contributed by atoms with van der Waals surface area (Å²) < 4.78 is 5.61. The van der Waals surface area contributed by atoms with Gasteiger partial charge < -0.3 is 20.3 Å². The van der Waals surface area contributed by atoms with Crippen molar-refractivity contribution in [3.8, 4) is 28.3 Å². The number of carbonyl (C=O) groups excluding carboxylic acids is 1. The fraction of sp³-hybridized carbons (Fsp3) is 0.192. The molecule has 5 rings (SSSR count). The van der Waals surface area contributed by atoms with Crippen LogP contribution in [-0.4, -0.2) is 54.4 Å². The zero-order valence-electron chi connectivity index (χ0n) is 18.9. The number of benzene rings is 2. The molecule has 34 heavy (non-hydrogen) atoms. The summed E-state index contributed by atoms with van der Waals surface area (Å²) in [5.74, 6) is 0.274. The summed E-state index contributed by atoms with van der Waals surface area (Å²) in [7, 11) is 1.60. The monoisotopic (exact) mass is 454 g/mol. The van der Waals surface area contributed by atoms with E-state index in [-0.39, 0.29) is 5.91 Å². The van der Waals surface area contributed by atoms with Gasteiger partial charge in [0.25, 0.3) is 5.91 Å². The van der Waals surface area contributed by atoms with Crippen molar-refractivity contribution in [2.45, 2.75) is 0 Å². The van der Waals surface area contributed by atoms with E-state index in [1.165, 1.54) is 5.69 Å². The highest BCUT2D eigenvalue weighted by atomic mass is 16.5. The lowest BCUT2D eigenvalue weighted by Gasteiger charge is -2.29. The number of rotatable bonds is 6. The molecule has 3 N–H and O–H groups in total. The predicted molar refractivity (Wildman–Crippen MR) is 133 cm³/mol. The third-order valence-corrected chi connectivity index (χ3v) is 5.87. The second kappa shape index (κ2) is 9.76. The van der Waals surface area contributed by atoms with Crippen molar-refractivity contribution in [1.82, 2.24) is 20.5 Å². The molecule has 2 aromatic carbocycles. The maximum atomic E-state index is 12.9. The van der Waals surface area contributed by atoms with Gasteiger partial charge in [0.05, 0.1) is 24.2 Å². The Hall–Kier alpha value is -4.17. The smallest absolute Gasteiger partial charge is 0.274 e. The summed E-state index contributed by atoms with van der Waals surface area (Å²) in [6.45, 7) is 3.97. The minimum Gasteiger partial charge on any atom is -0.495 e. The number of piperazine rings is 1. The quantitative estimate of drug-likeness (QED) is 0.410. The molecule has 2 aromatic heterocycles. The number of H-pyrrole nitrogens is 1. The number of hydrogen-bond donors (Lipinski definition) is 3. The largest absolute Gasteiger partial charge is 0.495 e. The number of nitrogens with one attached hydrogen (secondary N) is 3. The van der Waals surface area contributed by atoms with E-state index in [4.69, 9.17) is 4.74 Å². The molecule has 1 amide bonds. The van der Waals surface area contributed by atoms with Crippen molar-refractivity contribution in [3.05, 3.63) is 78.6 Å². The van der Waals surface area contributed by atoms with Crippen molar-refractivity contribution in [3.63, 3.8) is 0 Å². The zero-order chi connectivity index (χ0) is 23.3. The number of carbonyl (C=O) groups is 1. The van der Waals surface area contributed by atoms with Crippen LogP contribution in [-0.2, 0) is 0 Å². The number of amides is 1. The predicted octanol–water partition coefficient (Wildman–Crippen LogP) is 3.81. The normalized spacial score (nSPS) is 13.5. The van der Waals surface area contributed by atoms with Crippen LogP contribution in [0.5, 0.6) is 5.75 Å². The number of nitrogens with zero attached hydrogens (tertiary/aromatic N) is 3.